The minimum Gasteiger partial charge on any atom is -0.497 e. The van der Waals surface area contributed by atoms with E-state index in [4.69, 9.17) is 9.84 Å². The molecular weight excluding hydrogens is 434 g/mol. The third-order valence-corrected chi connectivity index (χ3v) is 5.29. The molecule has 11 heteroatoms. The van der Waals surface area contributed by atoms with Crippen LogP contribution in [0.3, 0.4) is 0 Å². The fourth-order valence-corrected chi connectivity index (χ4v) is 3.56. The Kier molecular flexibility index (Phi) is 7.45. The minimum absolute atomic E-state index is 0.00579. The van der Waals surface area contributed by atoms with E-state index in [2.05, 4.69) is 21.0 Å². The van der Waals surface area contributed by atoms with Crippen LogP contribution in [0.5, 0.6) is 5.75 Å². The average molecular weight is 455 g/mol. The first-order chi connectivity index (χ1) is 15.4. The SMILES string of the molecule is COc1ccc(CC(=O)NNC(=O)CSc2nnc(C)n2-c2ccc(C(=O)O)cc2)cc1. The van der Waals surface area contributed by atoms with E-state index >= 15 is 0 Å². The number of amides is 2. The average Bonchev–Trinajstić information content (AvgIpc) is 3.17. The van der Waals surface area contributed by atoms with Crippen molar-refractivity contribution in [2.75, 3.05) is 12.9 Å². The van der Waals surface area contributed by atoms with Crippen molar-refractivity contribution in [2.24, 2.45) is 0 Å². The molecule has 0 aliphatic carbocycles. The van der Waals surface area contributed by atoms with E-state index in [1.54, 1.807) is 55.0 Å². The van der Waals surface area contributed by atoms with E-state index in [0.29, 0.717) is 22.4 Å². The maximum Gasteiger partial charge on any atom is 0.335 e. The fourth-order valence-electron chi connectivity index (χ4n) is 2.77. The Morgan fingerprint density at radius 2 is 1.66 bits per heavy atom. The normalized spacial score (nSPS) is 10.4. The lowest BCUT2D eigenvalue weighted by molar-refractivity contribution is -0.127. The number of carboxylic acid groups (broad SMARTS) is 1. The van der Waals surface area contributed by atoms with Gasteiger partial charge in [-0.3, -0.25) is 25.0 Å². The molecule has 2 aromatic carbocycles. The number of hydrogen-bond acceptors (Lipinski definition) is 7. The summed E-state index contributed by atoms with van der Waals surface area (Å²) in [6, 6.07) is 13.3. The Balaban J connectivity index is 1.52. The zero-order valence-electron chi connectivity index (χ0n) is 17.4. The monoisotopic (exact) mass is 455 g/mol. The molecule has 3 N–H and O–H groups in total. The van der Waals surface area contributed by atoms with E-state index in [0.717, 1.165) is 17.3 Å². The number of methoxy groups -OCH3 is 1. The fraction of sp³-hybridized carbons (Fsp3) is 0.190. The number of ether oxygens (including phenoxy) is 1. The Hall–Kier alpha value is -3.86. The van der Waals surface area contributed by atoms with Gasteiger partial charge in [-0.1, -0.05) is 23.9 Å². The smallest absolute Gasteiger partial charge is 0.335 e. The van der Waals surface area contributed by atoms with Gasteiger partial charge in [0.05, 0.1) is 24.8 Å². The van der Waals surface area contributed by atoms with Crippen LogP contribution in [-0.2, 0) is 16.0 Å². The predicted molar refractivity (Wildman–Crippen MR) is 117 cm³/mol. The molecule has 3 rings (SSSR count). The lowest BCUT2D eigenvalue weighted by Gasteiger charge is -2.10. The molecule has 0 atom stereocenters. The predicted octanol–water partition coefficient (Wildman–Crippen LogP) is 1.76. The molecule has 0 saturated carbocycles. The first kappa shape index (κ1) is 22.8. The van der Waals surface area contributed by atoms with Crippen LogP contribution in [0.25, 0.3) is 5.69 Å². The van der Waals surface area contributed by atoms with Crippen molar-refractivity contribution >= 4 is 29.5 Å². The highest BCUT2D eigenvalue weighted by Gasteiger charge is 2.14. The molecule has 0 spiro atoms. The largest absolute Gasteiger partial charge is 0.497 e. The molecule has 0 saturated heterocycles. The summed E-state index contributed by atoms with van der Waals surface area (Å²) in [5.74, 6) is -0.507. The van der Waals surface area contributed by atoms with Crippen molar-refractivity contribution < 1.29 is 24.2 Å². The quantitative estimate of drug-likeness (QED) is 0.345. The number of thioether (sulfide) groups is 1. The Bertz CT molecular complexity index is 1110. The van der Waals surface area contributed by atoms with Crippen molar-refractivity contribution in [1.29, 1.82) is 0 Å². The Labute approximate surface area is 188 Å². The molecule has 0 aliphatic heterocycles. The number of aromatic nitrogens is 3. The third-order valence-electron chi connectivity index (χ3n) is 4.37. The topological polar surface area (TPSA) is 135 Å². The number of aryl methyl sites for hydroxylation is 1. The number of nitrogens with zero attached hydrogens (tertiary/aromatic N) is 3. The molecule has 10 nitrogen and oxygen atoms in total. The Morgan fingerprint density at radius 1 is 1.00 bits per heavy atom. The number of carbonyl (C=O) groups is 3. The van der Waals surface area contributed by atoms with Crippen LogP contribution in [0.1, 0.15) is 21.7 Å². The summed E-state index contributed by atoms with van der Waals surface area (Å²) in [4.78, 5) is 35.2. The molecule has 0 fully saturated rings. The highest BCUT2D eigenvalue weighted by atomic mass is 32.2. The number of nitrogens with one attached hydrogen (secondary N) is 2. The molecule has 2 amide bonds. The van der Waals surface area contributed by atoms with Gasteiger partial charge in [-0.15, -0.1) is 10.2 Å². The summed E-state index contributed by atoms with van der Waals surface area (Å²) in [7, 11) is 1.56. The van der Waals surface area contributed by atoms with Crippen molar-refractivity contribution in [2.45, 2.75) is 18.5 Å². The van der Waals surface area contributed by atoms with Crippen molar-refractivity contribution in [3.8, 4) is 11.4 Å². The van der Waals surface area contributed by atoms with E-state index in [-0.39, 0.29) is 23.6 Å². The maximum atomic E-state index is 12.1. The molecule has 1 heterocycles. The number of hydrogen-bond donors (Lipinski definition) is 3. The zero-order chi connectivity index (χ0) is 23.1. The first-order valence-corrected chi connectivity index (χ1v) is 10.4. The molecule has 0 aliphatic rings. The first-order valence-electron chi connectivity index (χ1n) is 9.46. The van der Waals surface area contributed by atoms with Crippen molar-refractivity contribution in [1.82, 2.24) is 25.6 Å². The van der Waals surface area contributed by atoms with Gasteiger partial charge in [-0.25, -0.2) is 4.79 Å². The second kappa shape index (κ2) is 10.4. The minimum atomic E-state index is -1.02. The van der Waals surface area contributed by atoms with Crippen LogP contribution < -0.4 is 15.6 Å². The number of carboxylic acids is 1. The summed E-state index contributed by atoms with van der Waals surface area (Å²) in [6.07, 6.45) is 0.108. The van der Waals surface area contributed by atoms with Gasteiger partial charge in [-0.05, 0) is 48.9 Å². The second-order valence-corrected chi connectivity index (χ2v) is 7.57. The summed E-state index contributed by atoms with van der Waals surface area (Å²) in [6.45, 7) is 1.75. The lowest BCUT2D eigenvalue weighted by Crippen LogP contribution is -2.43. The van der Waals surface area contributed by atoms with Gasteiger partial charge in [0.1, 0.15) is 11.6 Å². The van der Waals surface area contributed by atoms with Crippen molar-refractivity contribution in [3.63, 3.8) is 0 Å². The highest BCUT2D eigenvalue weighted by molar-refractivity contribution is 7.99. The summed E-state index contributed by atoms with van der Waals surface area (Å²) in [5.41, 5.74) is 6.38. The van der Waals surface area contributed by atoms with Gasteiger partial charge in [-0.2, -0.15) is 0 Å². The van der Waals surface area contributed by atoms with Gasteiger partial charge in [0.2, 0.25) is 11.8 Å². The van der Waals surface area contributed by atoms with Gasteiger partial charge in [0, 0.05) is 5.69 Å². The van der Waals surface area contributed by atoms with Crippen LogP contribution in [0.15, 0.2) is 53.7 Å². The molecular formula is C21H21N5O5S. The second-order valence-electron chi connectivity index (χ2n) is 6.63. The standard InChI is InChI=1S/C21H21N5O5S/c1-13-22-25-21(26(13)16-7-5-15(6-8-16)20(29)30)32-12-19(28)24-23-18(27)11-14-3-9-17(31-2)10-4-14/h3-10H,11-12H2,1-2H3,(H,23,27)(H,24,28)(H,29,30). The molecule has 166 valence electrons. The molecule has 0 unspecified atom stereocenters. The van der Waals surface area contributed by atoms with Gasteiger partial charge in [0.25, 0.3) is 0 Å². The van der Waals surface area contributed by atoms with Crippen LogP contribution in [0.2, 0.25) is 0 Å². The van der Waals surface area contributed by atoms with E-state index < -0.39 is 11.9 Å². The van der Waals surface area contributed by atoms with Crippen LogP contribution in [0, 0.1) is 6.92 Å². The van der Waals surface area contributed by atoms with Crippen LogP contribution in [0.4, 0.5) is 0 Å². The third kappa shape index (κ3) is 5.85. The van der Waals surface area contributed by atoms with E-state index in [9.17, 15) is 14.4 Å². The number of rotatable bonds is 8. The van der Waals surface area contributed by atoms with E-state index in [1.807, 2.05) is 0 Å². The van der Waals surface area contributed by atoms with Gasteiger partial charge >= 0.3 is 5.97 Å². The number of benzene rings is 2. The highest BCUT2D eigenvalue weighted by Crippen LogP contribution is 2.22. The van der Waals surface area contributed by atoms with Crippen LogP contribution in [-0.4, -0.2) is 50.5 Å². The lowest BCUT2D eigenvalue weighted by atomic mass is 10.1. The van der Waals surface area contributed by atoms with Gasteiger partial charge < -0.3 is 9.84 Å². The molecule has 1 aromatic heterocycles. The molecule has 32 heavy (non-hydrogen) atoms. The van der Waals surface area contributed by atoms with Crippen molar-refractivity contribution in [3.05, 3.63) is 65.5 Å². The van der Waals surface area contributed by atoms with E-state index in [1.165, 1.54) is 12.1 Å². The molecule has 3 aromatic rings. The summed E-state index contributed by atoms with van der Waals surface area (Å²) in [5, 5.41) is 17.6. The summed E-state index contributed by atoms with van der Waals surface area (Å²) >= 11 is 1.14. The summed E-state index contributed by atoms with van der Waals surface area (Å²) < 4.78 is 6.79. The number of hydrazine groups is 1. The Morgan fingerprint density at radius 3 is 2.28 bits per heavy atom. The molecule has 0 radical (unpaired) electrons. The van der Waals surface area contributed by atoms with Gasteiger partial charge in [0.15, 0.2) is 5.16 Å². The molecule has 0 bridgehead atoms. The number of aromatic carboxylic acids is 1. The zero-order valence-corrected chi connectivity index (χ0v) is 18.2. The number of carbonyl (C=O) groups excluding carboxylic acids is 2. The maximum absolute atomic E-state index is 12.1. The van der Waals surface area contributed by atoms with Crippen LogP contribution >= 0.6 is 11.8 Å².